The summed E-state index contributed by atoms with van der Waals surface area (Å²) in [5.41, 5.74) is 0. The summed E-state index contributed by atoms with van der Waals surface area (Å²) in [6, 6.07) is -0.491. The van der Waals surface area contributed by atoms with Gasteiger partial charge in [0, 0.05) is 0 Å². The maximum atomic E-state index is 10.7. The molecule has 0 N–H and O–H groups in total. The fourth-order valence-electron chi connectivity index (χ4n) is 0.695. The Morgan fingerprint density at radius 2 is 2.56 bits per heavy atom. The highest BCUT2D eigenvalue weighted by Gasteiger charge is 2.29. The number of aldehydes is 1. The van der Waals surface area contributed by atoms with E-state index >= 15 is 0 Å². The first-order valence-corrected chi connectivity index (χ1v) is 3.53. The molecule has 9 heavy (non-hydrogen) atoms. The van der Waals surface area contributed by atoms with E-state index in [4.69, 9.17) is 0 Å². The van der Waals surface area contributed by atoms with Crippen molar-refractivity contribution in [3.63, 3.8) is 0 Å². The van der Waals surface area contributed by atoms with Crippen LogP contribution in [0.15, 0.2) is 0 Å². The zero-order chi connectivity index (χ0) is 6.85. The van der Waals surface area contributed by atoms with E-state index in [0.29, 0.717) is 12.0 Å². The van der Waals surface area contributed by atoms with Crippen molar-refractivity contribution < 1.29 is 9.59 Å². The molecule has 0 bridgehead atoms. The van der Waals surface area contributed by atoms with Crippen LogP contribution in [-0.4, -0.2) is 35.2 Å². The summed E-state index contributed by atoms with van der Waals surface area (Å²) >= 11 is 1.39. The molecule has 1 unspecified atom stereocenters. The number of hydrogen-bond acceptors (Lipinski definition) is 4. The molecule has 1 fully saturated rings. The summed E-state index contributed by atoms with van der Waals surface area (Å²) < 4.78 is 1.68. The predicted octanol–water partition coefficient (Wildman–Crippen LogP) is -0.283. The summed E-state index contributed by atoms with van der Waals surface area (Å²) in [7, 11) is 1.74. The van der Waals surface area contributed by atoms with Gasteiger partial charge in [0.05, 0.1) is 5.75 Å². The molecule has 0 spiro atoms. The molecular formula is C5H7NO2S. The minimum absolute atomic E-state index is 0.0116. The molecule has 0 aromatic carbocycles. The maximum Gasteiger partial charge on any atom is 0.169 e. The standard InChI is InChI=1S/C5H7NO2S/c1-6-4(2-7)5(8)3-9-6/h2,4H,3H2,1H3. The van der Waals surface area contributed by atoms with Crippen molar-refractivity contribution >= 4 is 24.0 Å². The van der Waals surface area contributed by atoms with Crippen LogP contribution in [0.2, 0.25) is 0 Å². The summed E-state index contributed by atoms with van der Waals surface area (Å²) in [4.78, 5) is 20.9. The molecule has 0 saturated carbocycles. The highest BCUT2D eigenvalue weighted by atomic mass is 32.2. The van der Waals surface area contributed by atoms with E-state index in [9.17, 15) is 9.59 Å². The lowest BCUT2D eigenvalue weighted by atomic mass is 10.2. The van der Waals surface area contributed by atoms with Crippen molar-refractivity contribution in [1.82, 2.24) is 4.31 Å². The van der Waals surface area contributed by atoms with Crippen molar-refractivity contribution in [1.29, 1.82) is 0 Å². The Morgan fingerprint density at radius 1 is 1.89 bits per heavy atom. The molecule has 1 aliphatic rings. The lowest BCUT2D eigenvalue weighted by molar-refractivity contribution is -0.123. The highest BCUT2D eigenvalue weighted by molar-refractivity contribution is 7.98. The van der Waals surface area contributed by atoms with Gasteiger partial charge in [-0.1, -0.05) is 11.9 Å². The second-order valence-corrected chi connectivity index (χ2v) is 2.99. The zero-order valence-electron chi connectivity index (χ0n) is 5.03. The number of rotatable bonds is 1. The second-order valence-electron chi connectivity index (χ2n) is 1.87. The Balaban J connectivity index is 2.65. The average Bonchev–Trinajstić information content (AvgIpc) is 2.12. The maximum absolute atomic E-state index is 10.7. The van der Waals surface area contributed by atoms with E-state index in [1.165, 1.54) is 11.9 Å². The van der Waals surface area contributed by atoms with Gasteiger partial charge >= 0.3 is 0 Å². The van der Waals surface area contributed by atoms with Crippen LogP contribution in [0.5, 0.6) is 0 Å². The largest absolute Gasteiger partial charge is 0.301 e. The van der Waals surface area contributed by atoms with Crippen molar-refractivity contribution in [2.45, 2.75) is 6.04 Å². The lowest BCUT2D eigenvalue weighted by Gasteiger charge is -2.07. The van der Waals surface area contributed by atoms with E-state index in [2.05, 4.69) is 0 Å². The fourth-order valence-corrected chi connectivity index (χ4v) is 1.52. The van der Waals surface area contributed by atoms with E-state index in [1.54, 1.807) is 11.4 Å². The zero-order valence-corrected chi connectivity index (χ0v) is 5.85. The van der Waals surface area contributed by atoms with Crippen molar-refractivity contribution in [2.24, 2.45) is 0 Å². The number of carbonyl (C=O) groups excluding carboxylic acids is 2. The van der Waals surface area contributed by atoms with E-state index in [0.717, 1.165) is 0 Å². The van der Waals surface area contributed by atoms with Gasteiger partial charge in [0.25, 0.3) is 0 Å². The Hall–Kier alpha value is -0.350. The van der Waals surface area contributed by atoms with E-state index < -0.39 is 6.04 Å². The van der Waals surface area contributed by atoms with Crippen LogP contribution in [0.4, 0.5) is 0 Å². The van der Waals surface area contributed by atoms with Gasteiger partial charge in [-0.05, 0) is 7.05 Å². The topological polar surface area (TPSA) is 37.4 Å². The number of ketones is 1. The SMILES string of the molecule is CN1SCC(=O)C1C=O. The molecule has 0 radical (unpaired) electrons. The first-order valence-electron chi connectivity index (χ1n) is 2.59. The van der Waals surface area contributed by atoms with Gasteiger partial charge in [-0.15, -0.1) is 0 Å². The van der Waals surface area contributed by atoms with Gasteiger partial charge in [-0.25, -0.2) is 4.31 Å². The number of likely N-dealkylation sites (N-methyl/N-ethyl adjacent to an activating group) is 1. The molecule has 1 aliphatic heterocycles. The van der Waals surface area contributed by atoms with Gasteiger partial charge in [-0.2, -0.15) is 0 Å². The van der Waals surface area contributed by atoms with Gasteiger partial charge < -0.3 is 4.79 Å². The molecule has 50 valence electrons. The number of carbonyl (C=O) groups is 2. The molecule has 1 rings (SSSR count). The van der Waals surface area contributed by atoms with Crippen LogP contribution < -0.4 is 0 Å². The van der Waals surface area contributed by atoms with Crippen LogP contribution in [0.25, 0.3) is 0 Å². The molecular weight excluding hydrogens is 138 g/mol. The van der Waals surface area contributed by atoms with Crippen molar-refractivity contribution in [3.8, 4) is 0 Å². The molecule has 3 nitrogen and oxygen atoms in total. The summed E-state index contributed by atoms with van der Waals surface area (Å²) in [5, 5.41) is 0. The summed E-state index contributed by atoms with van der Waals surface area (Å²) in [6.45, 7) is 0. The quantitative estimate of drug-likeness (QED) is 0.289. The number of nitrogens with zero attached hydrogens (tertiary/aromatic N) is 1. The first-order chi connectivity index (χ1) is 4.25. The third-order valence-corrected chi connectivity index (χ3v) is 2.31. The van der Waals surface area contributed by atoms with Crippen LogP contribution >= 0.6 is 11.9 Å². The summed E-state index contributed by atoms with van der Waals surface area (Å²) in [6.07, 6.45) is 0.683. The second kappa shape index (κ2) is 2.49. The number of Topliss-reactive ketones (excluding diaryl/α,β-unsaturated/α-hetero) is 1. The molecule has 0 amide bonds. The molecule has 1 heterocycles. The van der Waals surface area contributed by atoms with Gasteiger partial charge in [0.1, 0.15) is 12.3 Å². The lowest BCUT2D eigenvalue weighted by Crippen LogP contribution is -2.28. The molecule has 1 saturated heterocycles. The van der Waals surface area contributed by atoms with Crippen molar-refractivity contribution in [3.05, 3.63) is 0 Å². The molecule has 4 heteroatoms. The first kappa shape index (κ1) is 6.77. The average molecular weight is 145 g/mol. The van der Waals surface area contributed by atoms with Gasteiger partial charge in [-0.3, -0.25) is 4.79 Å². The highest BCUT2D eigenvalue weighted by Crippen LogP contribution is 2.19. The van der Waals surface area contributed by atoms with Crippen molar-refractivity contribution in [2.75, 3.05) is 12.8 Å². The summed E-state index contributed by atoms with van der Waals surface area (Å²) in [5.74, 6) is 0.456. The Bertz CT molecular complexity index is 148. The van der Waals surface area contributed by atoms with E-state index in [-0.39, 0.29) is 5.78 Å². The normalized spacial score (nSPS) is 29.0. The fraction of sp³-hybridized carbons (Fsp3) is 0.600. The third-order valence-electron chi connectivity index (χ3n) is 1.26. The Kier molecular flexibility index (Phi) is 1.87. The molecule has 0 aromatic heterocycles. The van der Waals surface area contributed by atoms with Crippen LogP contribution in [0, 0.1) is 0 Å². The van der Waals surface area contributed by atoms with Crippen LogP contribution in [0.3, 0.4) is 0 Å². The predicted molar refractivity (Wildman–Crippen MR) is 35.1 cm³/mol. The van der Waals surface area contributed by atoms with Gasteiger partial charge in [0.2, 0.25) is 0 Å². The number of hydrogen-bond donors (Lipinski definition) is 0. The Morgan fingerprint density at radius 3 is 2.78 bits per heavy atom. The Labute approximate surface area is 57.5 Å². The van der Waals surface area contributed by atoms with Crippen LogP contribution in [0.1, 0.15) is 0 Å². The minimum Gasteiger partial charge on any atom is -0.301 e. The smallest absolute Gasteiger partial charge is 0.169 e. The molecule has 1 atom stereocenters. The monoisotopic (exact) mass is 145 g/mol. The molecule has 0 aromatic rings. The van der Waals surface area contributed by atoms with E-state index in [1.807, 2.05) is 0 Å². The minimum atomic E-state index is -0.491. The van der Waals surface area contributed by atoms with Gasteiger partial charge in [0.15, 0.2) is 5.78 Å². The van der Waals surface area contributed by atoms with Crippen LogP contribution in [-0.2, 0) is 9.59 Å². The third kappa shape index (κ3) is 1.14. The molecule has 0 aliphatic carbocycles.